The van der Waals surface area contributed by atoms with Crippen LogP contribution in [0.2, 0.25) is 0 Å². The lowest BCUT2D eigenvalue weighted by Gasteiger charge is -2.20. The highest BCUT2D eigenvalue weighted by atomic mass is 16.5. The largest absolute Gasteiger partial charge is 0.384 e. The minimum atomic E-state index is 0.556. The summed E-state index contributed by atoms with van der Waals surface area (Å²) in [5.41, 5.74) is 2.70. The highest BCUT2D eigenvalue weighted by Crippen LogP contribution is 2.16. The fraction of sp³-hybridized carbons (Fsp3) is 0.909. The van der Waals surface area contributed by atoms with Crippen LogP contribution in [0.15, 0.2) is 4.99 Å². The summed E-state index contributed by atoms with van der Waals surface area (Å²) in [6, 6.07) is 0. The van der Waals surface area contributed by atoms with Gasteiger partial charge in [-0.25, -0.2) is 5.84 Å². The zero-order valence-corrected chi connectivity index (χ0v) is 10.6. The summed E-state index contributed by atoms with van der Waals surface area (Å²) in [5.74, 6) is 7.47. The summed E-state index contributed by atoms with van der Waals surface area (Å²) in [6.07, 6.45) is 1.15. The van der Waals surface area contributed by atoms with Gasteiger partial charge in [-0.1, -0.05) is 13.8 Å². The highest BCUT2D eigenvalue weighted by molar-refractivity contribution is 5.79. The minimum Gasteiger partial charge on any atom is -0.384 e. The molecule has 94 valence electrons. The van der Waals surface area contributed by atoms with Crippen LogP contribution in [0.1, 0.15) is 20.3 Å². The van der Waals surface area contributed by atoms with E-state index in [9.17, 15) is 0 Å². The van der Waals surface area contributed by atoms with Crippen molar-refractivity contribution in [3.05, 3.63) is 0 Å². The molecule has 0 aromatic heterocycles. The van der Waals surface area contributed by atoms with Crippen LogP contribution in [0.3, 0.4) is 0 Å². The van der Waals surface area contributed by atoms with Gasteiger partial charge in [-0.3, -0.25) is 10.4 Å². The highest BCUT2D eigenvalue weighted by Gasteiger charge is 2.24. The van der Waals surface area contributed by atoms with Crippen LogP contribution >= 0.6 is 0 Å². The van der Waals surface area contributed by atoms with Gasteiger partial charge in [0.1, 0.15) is 0 Å². The Balaban J connectivity index is 2.45. The smallest absolute Gasteiger partial charge is 0.208 e. The second-order valence-electron chi connectivity index (χ2n) is 4.76. The average Bonchev–Trinajstić information content (AvgIpc) is 2.68. The molecule has 1 aliphatic rings. The van der Waals surface area contributed by atoms with Gasteiger partial charge in [-0.05, 0) is 12.3 Å². The number of likely N-dealkylation sites (tertiary alicyclic amines) is 1. The monoisotopic (exact) mass is 228 g/mol. The molecular formula is C11H24N4O. The molecule has 3 N–H and O–H groups in total. The summed E-state index contributed by atoms with van der Waals surface area (Å²) in [6.45, 7) is 7.92. The molecule has 0 aliphatic carbocycles. The van der Waals surface area contributed by atoms with Crippen LogP contribution in [-0.4, -0.2) is 44.2 Å². The molecule has 1 heterocycles. The maximum Gasteiger partial charge on any atom is 0.208 e. The molecule has 1 atom stereocenters. The Labute approximate surface area is 98.0 Å². The minimum absolute atomic E-state index is 0.556. The normalized spacial score (nSPS) is 21.9. The molecule has 1 unspecified atom stereocenters. The van der Waals surface area contributed by atoms with Gasteiger partial charge in [0.15, 0.2) is 0 Å². The van der Waals surface area contributed by atoms with Crippen LogP contribution in [-0.2, 0) is 4.74 Å². The fourth-order valence-electron chi connectivity index (χ4n) is 1.90. The second-order valence-corrected chi connectivity index (χ2v) is 4.76. The van der Waals surface area contributed by atoms with E-state index in [0.29, 0.717) is 11.8 Å². The van der Waals surface area contributed by atoms with Crippen molar-refractivity contribution < 1.29 is 4.74 Å². The number of nitrogens with zero attached hydrogens (tertiary/aromatic N) is 2. The van der Waals surface area contributed by atoms with Gasteiger partial charge in [0.05, 0.1) is 6.61 Å². The summed E-state index contributed by atoms with van der Waals surface area (Å²) in [5, 5.41) is 0. The quantitative estimate of drug-likeness (QED) is 0.317. The van der Waals surface area contributed by atoms with Crippen molar-refractivity contribution in [1.82, 2.24) is 10.3 Å². The van der Waals surface area contributed by atoms with Crippen molar-refractivity contribution in [3.8, 4) is 0 Å². The van der Waals surface area contributed by atoms with Gasteiger partial charge in [0, 0.05) is 32.7 Å². The first-order valence-corrected chi connectivity index (χ1v) is 5.92. The van der Waals surface area contributed by atoms with Crippen LogP contribution in [0.4, 0.5) is 0 Å². The van der Waals surface area contributed by atoms with Crippen molar-refractivity contribution in [3.63, 3.8) is 0 Å². The molecular weight excluding hydrogens is 204 g/mol. The summed E-state index contributed by atoms with van der Waals surface area (Å²) in [4.78, 5) is 6.68. The molecule has 1 saturated heterocycles. The number of rotatable bonds is 4. The molecule has 0 amide bonds. The molecule has 1 rings (SSSR count). The second kappa shape index (κ2) is 6.70. The summed E-state index contributed by atoms with van der Waals surface area (Å²) < 4.78 is 5.17. The van der Waals surface area contributed by atoms with Crippen molar-refractivity contribution in [2.75, 3.05) is 33.4 Å². The number of hydrogen-bond acceptors (Lipinski definition) is 3. The van der Waals surface area contributed by atoms with E-state index in [4.69, 9.17) is 10.6 Å². The number of aliphatic imine (C=N–C) groups is 1. The summed E-state index contributed by atoms with van der Waals surface area (Å²) in [7, 11) is 1.75. The number of hydrogen-bond donors (Lipinski definition) is 2. The van der Waals surface area contributed by atoms with E-state index in [-0.39, 0.29) is 0 Å². The van der Waals surface area contributed by atoms with E-state index >= 15 is 0 Å². The molecule has 0 spiro atoms. The predicted molar refractivity (Wildman–Crippen MR) is 66.0 cm³/mol. The molecule has 0 bridgehead atoms. The Kier molecular flexibility index (Phi) is 5.55. The lowest BCUT2D eigenvalue weighted by molar-refractivity contribution is 0.157. The SMILES string of the molecule is COCC1CCN(C(=NCC(C)C)NN)C1. The molecule has 1 aliphatic heterocycles. The van der Waals surface area contributed by atoms with Crippen molar-refractivity contribution >= 4 is 5.96 Å². The molecule has 0 radical (unpaired) electrons. The Morgan fingerprint density at radius 2 is 2.38 bits per heavy atom. The number of nitrogens with two attached hydrogens (primary N) is 1. The van der Waals surface area contributed by atoms with Crippen LogP contribution in [0.25, 0.3) is 0 Å². The summed E-state index contributed by atoms with van der Waals surface area (Å²) >= 11 is 0. The van der Waals surface area contributed by atoms with Gasteiger partial charge in [0.25, 0.3) is 0 Å². The Morgan fingerprint density at radius 3 is 2.94 bits per heavy atom. The molecule has 0 saturated carbocycles. The van der Waals surface area contributed by atoms with Gasteiger partial charge >= 0.3 is 0 Å². The van der Waals surface area contributed by atoms with Crippen LogP contribution < -0.4 is 11.3 Å². The van der Waals surface area contributed by atoms with Crippen molar-refractivity contribution in [2.45, 2.75) is 20.3 Å². The van der Waals surface area contributed by atoms with Gasteiger partial charge in [-0.15, -0.1) is 0 Å². The van der Waals surface area contributed by atoms with Crippen molar-refractivity contribution in [2.24, 2.45) is 22.7 Å². The van der Waals surface area contributed by atoms with E-state index in [2.05, 4.69) is 29.2 Å². The lowest BCUT2D eigenvalue weighted by atomic mass is 10.1. The van der Waals surface area contributed by atoms with Gasteiger partial charge < -0.3 is 9.64 Å². The third-order valence-electron chi connectivity index (χ3n) is 2.72. The Hall–Kier alpha value is -0.810. The topological polar surface area (TPSA) is 62.9 Å². The number of guanidine groups is 1. The first-order valence-electron chi connectivity index (χ1n) is 5.92. The van der Waals surface area contributed by atoms with Gasteiger partial charge in [0.2, 0.25) is 5.96 Å². The molecule has 1 fully saturated rings. The molecule has 0 aromatic carbocycles. The molecule has 0 aromatic rings. The van der Waals surface area contributed by atoms with E-state index in [0.717, 1.165) is 38.6 Å². The van der Waals surface area contributed by atoms with E-state index in [1.54, 1.807) is 7.11 Å². The number of methoxy groups -OCH3 is 1. The molecule has 5 heteroatoms. The number of hydrazine groups is 1. The van der Waals surface area contributed by atoms with E-state index in [1.165, 1.54) is 0 Å². The first-order chi connectivity index (χ1) is 7.67. The van der Waals surface area contributed by atoms with E-state index < -0.39 is 0 Å². The third-order valence-corrected chi connectivity index (χ3v) is 2.72. The number of nitrogens with one attached hydrogen (secondary N) is 1. The zero-order chi connectivity index (χ0) is 12.0. The zero-order valence-electron chi connectivity index (χ0n) is 10.6. The third kappa shape index (κ3) is 3.98. The fourth-order valence-corrected chi connectivity index (χ4v) is 1.90. The number of ether oxygens (including phenoxy) is 1. The maximum atomic E-state index is 5.50. The standard InChI is InChI=1S/C11H24N4O/c1-9(2)6-13-11(14-12)15-5-4-10(7-15)8-16-3/h9-10H,4-8,12H2,1-3H3,(H,13,14). The molecule has 5 nitrogen and oxygen atoms in total. The molecule has 16 heavy (non-hydrogen) atoms. The van der Waals surface area contributed by atoms with Crippen LogP contribution in [0.5, 0.6) is 0 Å². The lowest BCUT2D eigenvalue weighted by Crippen LogP contribution is -2.44. The van der Waals surface area contributed by atoms with E-state index in [1.807, 2.05) is 0 Å². The maximum absolute atomic E-state index is 5.50. The van der Waals surface area contributed by atoms with Crippen LogP contribution in [0, 0.1) is 11.8 Å². The van der Waals surface area contributed by atoms with Gasteiger partial charge in [-0.2, -0.15) is 0 Å². The predicted octanol–water partition coefficient (Wildman–Crippen LogP) is 0.430. The Bertz CT molecular complexity index is 230. The average molecular weight is 228 g/mol. The Morgan fingerprint density at radius 1 is 1.62 bits per heavy atom. The van der Waals surface area contributed by atoms with Crippen molar-refractivity contribution in [1.29, 1.82) is 0 Å². The first kappa shape index (κ1) is 13.3.